The monoisotopic (exact) mass is 223 g/mol. The van der Waals surface area contributed by atoms with Crippen LogP contribution in [0.15, 0.2) is 18.2 Å². The summed E-state index contributed by atoms with van der Waals surface area (Å²) < 4.78 is 13.1. The van der Waals surface area contributed by atoms with Crippen LogP contribution < -0.4 is 5.32 Å². The van der Waals surface area contributed by atoms with Crippen LogP contribution in [-0.2, 0) is 4.79 Å². The Morgan fingerprint density at radius 1 is 1.62 bits per heavy atom. The third-order valence-electron chi connectivity index (χ3n) is 1.67. The number of nitro groups is 1. The van der Waals surface area contributed by atoms with E-state index in [-0.39, 0.29) is 12.1 Å². The summed E-state index contributed by atoms with van der Waals surface area (Å²) in [6, 6.07) is 4.58. The van der Waals surface area contributed by atoms with Gasteiger partial charge in [-0.05, 0) is 6.07 Å². The predicted molar refractivity (Wildman–Crippen MR) is 51.9 cm³/mol. The first kappa shape index (κ1) is 11.6. The van der Waals surface area contributed by atoms with Crippen LogP contribution in [0.5, 0.6) is 0 Å². The molecule has 0 aliphatic heterocycles. The van der Waals surface area contributed by atoms with Crippen LogP contribution in [0.1, 0.15) is 6.42 Å². The van der Waals surface area contributed by atoms with Gasteiger partial charge in [-0.1, -0.05) is 0 Å². The second-order valence-corrected chi connectivity index (χ2v) is 2.81. The van der Waals surface area contributed by atoms with E-state index in [4.69, 9.17) is 5.26 Å². The number of carbonyl (C=O) groups is 1. The van der Waals surface area contributed by atoms with E-state index < -0.39 is 22.3 Å². The fourth-order valence-corrected chi connectivity index (χ4v) is 1.01. The van der Waals surface area contributed by atoms with Crippen molar-refractivity contribution < 1.29 is 14.1 Å². The lowest BCUT2D eigenvalue weighted by Gasteiger charge is -2.02. The van der Waals surface area contributed by atoms with Gasteiger partial charge in [0.2, 0.25) is 11.7 Å². The number of hydrogen-bond donors (Lipinski definition) is 1. The van der Waals surface area contributed by atoms with Crippen LogP contribution in [0.25, 0.3) is 0 Å². The Bertz CT molecular complexity index is 481. The second-order valence-electron chi connectivity index (χ2n) is 2.81. The number of amides is 1. The highest BCUT2D eigenvalue weighted by atomic mass is 19.1. The van der Waals surface area contributed by atoms with Crippen molar-refractivity contribution >= 4 is 17.3 Å². The minimum Gasteiger partial charge on any atom is -0.325 e. The number of hydrogen-bond acceptors (Lipinski definition) is 4. The third-order valence-corrected chi connectivity index (χ3v) is 1.67. The topological polar surface area (TPSA) is 96.0 Å². The van der Waals surface area contributed by atoms with Crippen molar-refractivity contribution in [3.8, 4) is 6.07 Å². The Labute approximate surface area is 89.4 Å². The minimum atomic E-state index is -1.04. The third kappa shape index (κ3) is 2.75. The lowest BCUT2D eigenvalue weighted by Crippen LogP contribution is -2.10. The van der Waals surface area contributed by atoms with Crippen LogP contribution in [0.3, 0.4) is 0 Å². The van der Waals surface area contributed by atoms with Gasteiger partial charge in [0.05, 0.1) is 11.0 Å². The molecule has 7 heteroatoms. The largest absolute Gasteiger partial charge is 0.325 e. The van der Waals surface area contributed by atoms with E-state index in [2.05, 4.69) is 5.32 Å². The van der Waals surface area contributed by atoms with E-state index in [0.717, 1.165) is 12.1 Å². The molecule has 0 bridgehead atoms. The summed E-state index contributed by atoms with van der Waals surface area (Å²) in [5.41, 5.74) is -0.596. The fourth-order valence-electron chi connectivity index (χ4n) is 1.01. The molecule has 0 unspecified atom stereocenters. The van der Waals surface area contributed by atoms with Crippen LogP contribution in [0.2, 0.25) is 0 Å². The number of rotatable bonds is 3. The Hall–Kier alpha value is -2.49. The number of nitriles is 1. The second kappa shape index (κ2) is 4.84. The first-order valence-electron chi connectivity index (χ1n) is 4.15. The minimum absolute atomic E-state index is 0.0725. The van der Waals surface area contributed by atoms with E-state index >= 15 is 0 Å². The summed E-state index contributed by atoms with van der Waals surface area (Å²) in [6.07, 6.45) is -0.362. The molecule has 6 nitrogen and oxygen atoms in total. The molecule has 16 heavy (non-hydrogen) atoms. The van der Waals surface area contributed by atoms with E-state index in [1.807, 2.05) is 0 Å². The van der Waals surface area contributed by atoms with Crippen LogP contribution in [0, 0.1) is 27.3 Å². The maximum absolute atomic E-state index is 13.1. The molecule has 0 fully saturated rings. The zero-order valence-corrected chi connectivity index (χ0v) is 7.94. The Balaban J connectivity index is 2.86. The molecule has 0 radical (unpaired) electrons. The lowest BCUT2D eigenvalue weighted by molar-refractivity contribution is -0.387. The molecule has 1 rings (SSSR count). The molecular weight excluding hydrogens is 217 g/mol. The summed E-state index contributed by atoms with van der Waals surface area (Å²) in [7, 11) is 0. The first-order valence-corrected chi connectivity index (χ1v) is 4.15. The molecule has 82 valence electrons. The van der Waals surface area contributed by atoms with Crippen LogP contribution in [-0.4, -0.2) is 10.8 Å². The Morgan fingerprint density at radius 2 is 2.31 bits per heavy atom. The molecule has 0 aliphatic carbocycles. The summed E-state index contributed by atoms with van der Waals surface area (Å²) in [4.78, 5) is 20.4. The molecular formula is C9H6FN3O3. The van der Waals surface area contributed by atoms with Crippen molar-refractivity contribution in [1.29, 1.82) is 5.26 Å². The average Bonchev–Trinajstić information content (AvgIpc) is 2.17. The number of nitro benzene ring substituents is 1. The summed E-state index contributed by atoms with van der Waals surface area (Å²) in [6.45, 7) is 0. The van der Waals surface area contributed by atoms with Crippen molar-refractivity contribution in [2.75, 3.05) is 5.32 Å². The molecule has 0 saturated carbocycles. The summed E-state index contributed by atoms with van der Waals surface area (Å²) >= 11 is 0. The van der Waals surface area contributed by atoms with E-state index in [9.17, 15) is 19.3 Å². The van der Waals surface area contributed by atoms with E-state index in [1.165, 1.54) is 6.07 Å². The number of benzene rings is 1. The van der Waals surface area contributed by atoms with Gasteiger partial charge >= 0.3 is 5.69 Å². The standard InChI is InChI=1S/C9H6FN3O3/c10-7-5-6(12-9(14)3-4-11)1-2-8(7)13(15)16/h1-2,5H,3H2,(H,12,14). The number of nitrogens with zero attached hydrogens (tertiary/aromatic N) is 2. The Kier molecular flexibility index (Phi) is 3.50. The maximum atomic E-state index is 13.1. The number of anilines is 1. The number of carbonyl (C=O) groups excluding carboxylic acids is 1. The smallest absolute Gasteiger partial charge is 0.304 e. The van der Waals surface area contributed by atoms with Gasteiger partial charge in [-0.25, -0.2) is 0 Å². The van der Waals surface area contributed by atoms with Crippen molar-refractivity contribution in [3.63, 3.8) is 0 Å². The molecule has 1 amide bonds. The molecule has 0 saturated heterocycles. The van der Waals surface area contributed by atoms with Gasteiger partial charge in [-0.2, -0.15) is 9.65 Å². The van der Waals surface area contributed by atoms with Crippen LogP contribution >= 0.6 is 0 Å². The molecule has 0 atom stereocenters. The first-order chi connectivity index (χ1) is 7.54. The molecule has 0 aromatic heterocycles. The molecule has 0 heterocycles. The molecule has 1 N–H and O–H groups in total. The molecule has 1 aromatic rings. The normalized spacial score (nSPS) is 9.25. The van der Waals surface area contributed by atoms with Gasteiger partial charge in [-0.3, -0.25) is 14.9 Å². The van der Waals surface area contributed by atoms with Gasteiger partial charge in [-0.15, -0.1) is 0 Å². The fraction of sp³-hybridized carbons (Fsp3) is 0.111. The summed E-state index contributed by atoms with van der Waals surface area (Å²) in [5, 5.41) is 20.7. The predicted octanol–water partition coefficient (Wildman–Crippen LogP) is 1.59. The molecule has 1 aromatic carbocycles. The number of nitrogens with one attached hydrogen (secondary N) is 1. The maximum Gasteiger partial charge on any atom is 0.304 e. The van der Waals surface area contributed by atoms with Crippen LogP contribution in [0.4, 0.5) is 15.8 Å². The summed E-state index contributed by atoms with van der Waals surface area (Å²) in [5.74, 6) is -1.64. The number of halogens is 1. The molecule has 0 spiro atoms. The van der Waals surface area contributed by atoms with E-state index in [1.54, 1.807) is 6.07 Å². The lowest BCUT2D eigenvalue weighted by atomic mass is 10.2. The van der Waals surface area contributed by atoms with Gasteiger partial charge in [0.15, 0.2) is 0 Å². The molecule has 0 aliphatic rings. The van der Waals surface area contributed by atoms with Crippen molar-refractivity contribution in [3.05, 3.63) is 34.1 Å². The van der Waals surface area contributed by atoms with Gasteiger partial charge in [0.25, 0.3) is 0 Å². The average molecular weight is 223 g/mol. The van der Waals surface area contributed by atoms with E-state index in [0.29, 0.717) is 0 Å². The van der Waals surface area contributed by atoms with Gasteiger partial charge in [0.1, 0.15) is 6.42 Å². The van der Waals surface area contributed by atoms with Gasteiger partial charge in [0, 0.05) is 17.8 Å². The highest BCUT2D eigenvalue weighted by Crippen LogP contribution is 2.20. The Morgan fingerprint density at radius 3 is 2.81 bits per heavy atom. The van der Waals surface area contributed by atoms with Crippen molar-refractivity contribution in [2.45, 2.75) is 6.42 Å². The zero-order chi connectivity index (χ0) is 12.1. The van der Waals surface area contributed by atoms with Gasteiger partial charge < -0.3 is 5.32 Å². The quantitative estimate of drug-likeness (QED) is 0.621. The highest BCUT2D eigenvalue weighted by Gasteiger charge is 2.14. The van der Waals surface area contributed by atoms with Crippen molar-refractivity contribution in [2.24, 2.45) is 0 Å². The SMILES string of the molecule is N#CCC(=O)Nc1ccc([N+](=O)[O-])c(F)c1. The zero-order valence-electron chi connectivity index (χ0n) is 7.94. The van der Waals surface area contributed by atoms with Crippen molar-refractivity contribution in [1.82, 2.24) is 0 Å². The highest BCUT2D eigenvalue weighted by molar-refractivity contribution is 5.92.